The molecule has 0 radical (unpaired) electrons. The third kappa shape index (κ3) is 4.32. The summed E-state index contributed by atoms with van der Waals surface area (Å²) in [6.45, 7) is 2.41. The highest BCUT2D eigenvalue weighted by atomic mass is 32.1. The lowest BCUT2D eigenvalue weighted by molar-refractivity contribution is -0.156. The zero-order chi connectivity index (χ0) is 20.3. The second-order valence-corrected chi connectivity index (χ2v) is 8.74. The number of carboxylic acid groups (broad SMARTS) is 1. The van der Waals surface area contributed by atoms with Crippen molar-refractivity contribution in [2.75, 3.05) is 19.8 Å². The summed E-state index contributed by atoms with van der Waals surface area (Å²) in [6, 6.07) is 0. The van der Waals surface area contributed by atoms with Crippen molar-refractivity contribution < 1.29 is 19.4 Å². The summed E-state index contributed by atoms with van der Waals surface area (Å²) >= 11 is 1.53. The Morgan fingerprint density at radius 1 is 1.41 bits per heavy atom. The molecule has 1 amide bonds. The monoisotopic (exact) mass is 419 g/mol. The van der Waals surface area contributed by atoms with E-state index in [-0.39, 0.29) is 12.3 Å². The van der Waals surface area contributed by atoms with Crippen LogP contribution in [-0.4, -0.2) is 67.2 Å². The number of likely N-dealkylation sites (tertiary alicyclic amines) is 1. The molecule has 2 aliphatic heterocycles. The number of hydrogen-bond donors (Lipinski definition) is 1. The van der Waals surface area contributed by atoms with Gasteiger partial charge in [-0.15, -0.1) is 16.4 Å². The van der Waals surface area contributed by atoms with E-state index in [0.29, 0.717) is 50.6 Å². The van der Waals surface area contributed by atoms with Crippen LogP contribution in [0.2, 0.25) is 0 Å². The first-order valence-electron chi connectivity index (χ1n) is 9.96. The van der Waals surface area contributed by atoms with E-state index in [9.17, 15) is 14.7 Å². The molecule has 0 spiro atoms. The first-order valence-corrected chi connectivity index (χ1v) is 10.8. The van der Waals surface area contributed by atoms with Crippen LogP contribution >= 0.6 is 11.3 Å². The molecule has 2 atom stereocenters. The average Bonchev–Trinajstić information content (AvgIpc) is 3.49. The van der Waals surface area contributed by atoms with Crippen LogP contribution in [0.15, 0.2) is 17.8 Å². The van der Waals surface area contributed by atoms with Crippen molar-refractivity contribution in [1.29, 1.82) is 0 Å². The number of rotatable bonds is 8. The van der Waals surface area contributed by atoms with Crippen molar-refractivity contribution in [3.8, 4) is 0 Å². The topological polar surface area (TPSA) is 110 Å². The van der Waals surface area contributed by atoms with Crippen molar-refractivity contribution in [2.45, 2.75) is 50.6 Å². The predicted molar refractivity (Wildman–Crippen MR) is 104 cm³/mol. The largest absolute Gasteiger partial charge is 0.479 e. The van der Waals surface area contributed by atoms with E-state index >= 15 is 0 Å². The van der Waals surface area contributed by atoms with Crippen molar-refractivity contribution in [3.05, 3.63) is 28.5 Å². The van der Waals surface area contributed by atoms with Gasteiger partial charge in [-0.3, -0.25) is 4.79 Å². The van der Waals surface area contributed by atoms with Gasteiger partial charge in [0.2, 0.25) is 5.91 Å². The van der Waals surface area contributed by atoms with Crippen LogP contribution in [0.1, 0.15) is 42.8 Å². The minimum Gasteiger partial charge on any atom is -0.479 e. The van der Waals surface area contributed by atoms with E-state index in [2.05, 4.69) is 15.3 Å². The van der Waals surface area contributed by atoms with E-state index in [4.69, 9.17) is 4.74 Å². The normalized spacial score (nSPS) is 24.3. The number of aromatic nitrogens is 4. The van der Waals surface area contributed by atoms with Gasteiger partial charge in [-0.05, 0) is 31.6 Å². The molecule has 4 rings (SSSR count). The number of hydrogen-bond acceptors (Lipinski definition) is 7. The second kappa shape index (κ2) is 8.58. The van der Waals surface area contributed by atoms with E-state index < -0.39 is 11.5 Å². The van der Waals surface area contributed by atoms with Crippen LogP contribution in [0, 0.1) is 5.92 Å². The van der Waals surface area contributed by atoms with Crippen LogP contribution in [0.4, 0.5) is 0 Å². The third-order valence-electron chi connectivity index (χ3n) is 5.82. The Hall–Kier alpha value is -2.33. The summed E-state index contributed by atoms with van der Waals surface area (Å²) in [4.78, 5) is 31.0. The molecule has 0 aromatic carbocycles. The molecular formula is C19H25N5O4S. The number of aliphatic carboxylic acids is 1. The summed E-state index contributed by atoms with van der Waals surface area (Å²) in [6.07, 6.45) is 6.84. The van der Waals surface area contributed by atoms with Gasteiger partial charge in [0.15, 0.2) is 0 Å². The highest BCUT2D eigenvalue weighted by Crippen LogP contribution is 2.34. The molecule has 0 saturated carbocycles. The van der Waals surface area contributed by atoms with Crippen molar-refractivity contribution in [2.24, 2.45) is 5.92 Å². The van der Waals surface area contributed by atoms with Crippen LogP contribution in [0.3, 0.4) is 0 Å². The fourth-order valence-corrected chi connectivity index (χ4v) is 4.87. The predicted octanol–water partition coefficient (Wildman–Crippen LogP) is 1.59. The number of nitrogens with zero attached hydrogens (tertiary/aromatic N) is 5. The summed E-state index contributed by atoms with van der Waals surface area (Å²) in [7, 11) is 0. The highest BCUT2D eigenvalue weighted by Gasteiger charge is 2.50. The number of carbonyl (C=O) groups is 2. The first kappa shape index (κ1) is 20.0. The zero-order valence-corrected chi connectivity index (χ0v) is 17.0. The molecule has 156 valence electrons. The van der Waals surface area contributed by atoms with E-state index in [1.165, 1.54) is 11.3 Å². The van der Waals surface area contributed by atoms with E-state index in [1.54, 1.807) is 22.0 Å². The molecule has 0 bridgehead atoms. The SMILES string of the molecule is O=C(CCC1CCOC1)N1CCCC1(Cc1cn(Cc2nccs2)nn1)C(=O)O. The Morgan fingerprint density at radius 2 is 2.31 bits per heavy atom. The Bertz CT molecular complexity index is 849. The summed E-state index contributed by atoms with van der Waals surface area (Å²) in [5.41, 5.74) is -0.668. The molecule has 2 aromatic rings. The van der Waals surface area contributed by atoms with Crippen LogP contribution in [0.25, 0.3) is 0 Å². The fourth-order valence-electron chi connectivity index (χ4n) is 4.26. The Balaban J connectivity index is 1.45. The standard InChI is InChI=1S/C19H25N5O4S/c25-17(3-2-14-4-8-28-13-14)24-7-1-5-19(24,18(26)27)10-15-11-23(22-21-15)12-16-20-6-9-29-16/h6,9,11,14H,1-5,7-8,10,12-13H2,(H,26,27). The quantitative estimate of drug-likeness (QED) is 0.692. The molecule has 4 heterocycles. The molecule has 2 aromatic heterocycles. The number of carboxylic acids is 1. The van der Waals surface area contributed by atoms with Gasteiger partial charge < -0.3 is 14.7 Å². The molecule has 2 aliphatic rings. The van der Waals surface area contributed by atoms with Gasteiger partial charge in [0.1, 0.15) is 10.5 Å². The number of ether oxygens (including phenoxy) is 1. The maximum absolute atomic E-state index is 12.9. The highest BCUT2D eigenvalue weighted by molar-refractivity contribution is 7.09. The minimum absolute atomic E-state index is 0.0908. The van der Waals surface area contributed by atoms with Crippen LogP contribution in [0.5, 0.6) is 0 Å². The summed E-state index contributed by atoms with van der Waals surface area (Å²) < 4.78 is 7.03. The molecule has 1 N–H and O–H groups in total. The Labute approximate surface area is 172 Å². The summed E-state index contributed by atoms with van der Waals surface area (Å²) in [5, 5.41) is 21.1. The van der Waals surface area contributed by atoms with Gasteiger partial charge in [-0.1, -0.05) is 5.21 Å². The van der Waals surface area contributed by atoms with Gasteiger partial charge in [-0.25, -0.2) is 14.5 Å². The van der Waals surface area contributed by atoms with Crippen LogP contribution in [-0.2, 0) is 27.3 Å². The lowest BCUT2D eigenvalue weighted by atomic mass is 9.90. The fraction of sp³-hybridized carbons (Fsp3) is 0.632. The average molecular weight is 420 g/mol. The molecular weight excluding hydrogens is 394 g/mol. The number of carbonyl (C=O) groups excluding carboxylic acids is 1. The van der Waals surface area contributed by atoms with Crippen molar-refractivity contribution in [3.63, 3.8) is 0 Å². The van der Waals surface area contributed by atoms with Crippen LogP contribution < -0.4 is 0 Å². The molecule has 9 nitrogen and oxygen atoms in total. The Kier molecular flexibility index (Phi) is 5.91. The zero-order valence-electron chi connectivity index (χ0n) is 16.2. The molecule has 2 saturated heterocycles. The van der Waals surface area contributed by atoms with E-state index in [0.717, 1.165) is 24.5 Å². The minimum atomic E-state index is -1.24. The van der Waals surface area contributed by atoms with Crippen molar-refractivity contribution in [1.82, 2.24) is 24.9 Å². The van der Waals surface area contributed by atoms with Gasteiger partial charge in [0.25, 0.3) is 0 Å². The maximum Gasteiger partial charge on any atom is 0.330 e. The molecule has 10 heteroatoms. The second-order valence-electron chi connectivity index (χ2n) is 7.76. The molecule has 2 fully saturated rings. The van der Waals surface area contributed by atoms with Gasteiger partial charge in [-0.2, -0.15) is 0 Å². The summed E-state index contributed by atoms with van der Waals surface area (Å²) in [5.74, 6) is -0.666. The number of amides is 1. The molecule has 0 aliphatic carbocycles. The Morgan fingerprint density at radius 3 is 3.03 bits per heavy atom. The lowest BCUT2D eigenvalue weighted by Gasteiger charge is -2.34. The van der Waals surface area contributed by atoms with E-state index in [1.807, 2.05) is 5.38 Å². The first-order chi connectivity index (χ1) is 14.1. The maximum atomic E-state index is 12.9. The third-order valence-corrected chi connectivity index (χ3v) is 6.58. The van der Waals surface area contributed by atoms with Gasteiger partial charge in [0, 0.05) is 50.4 Å². The number of thiazole rings is 1. The van der Waals surface area contributed by atoms with Gasteiger partial charge >= 0.3 is 5.97 Å². The van der Waals surface area contributed by atoms with Gasteiger partial charge in [0.05, 0.1) is 12.2 Å². The smallest absolute Gasteiger partial charge is 0.330 e. The molecule has 2 unspecified atom stereocenters. The lowest BCUT2D eigenvalue weighted by Crippen LogP contribution is -2.54. The van der Waals surface area contributed by atoms with Crippen molar-refractivity contribution >= 4 is 23.2 Å². The molecule has 29 heavy (non-hydrogen) atoms.